The van der Waals surface area contributed by atoms with E-state index >= 15 is 0 Å². The summed E-state index contributed by atoms with van der Waals surface area (Å²) in [7, 11) is 0. The molecule has 130 valence electrons. The van der Waals surface area contributed by atoms with Gasteiger partial charge in [-0.1, -0.05) is 6.07 Å². The van der Waals surface area contributed by atoms with E-state index in [1.165, 1.54) is 15.9 Å². The van der Waals surface area contributed by atoms with Gasteiger partial charge in [0, 0.05) is 10.6 Å². The van der Waals surface area contributed by atoms with Gasteiger partial charge in [-0.15, -0.1) is 11.3 Å². The Labute approximate surface area is 150 Å². The lowest BCUT2D eigenvalue weighted by Gasteiger charge is -2.11. The van der Waals surface area contributed by atoms with E-state index in [0.717, 1.165) is 32.1 Å². The van der Waals surface area contributed by atoms with E-state index in [4.69, 9.17) is 0 Å². The Morgan fingerprint density at radius 1 is 1.12 bits per heavy atom. The minimum atomic E-state index is -0.235. The molecule has 25 heavy (non-hydrogen) atoms. The summed E-state index contributed by atoms with van der Waals surface area (Å²) in [5, 5.41) is 3.49. The highest BCUT2D eigenvalue weighted by molar-refractivity contribution is 7.18. The molecule has 0 unspecified atom stereocenters. The van der Waals surface area contributed by atoms with Crippen molar-refractivity contribution in [1.82, 2.24) is 9.55 Å². The average molecular weight is 355 g/mol. The van der Waals surface area contributed by atoms with Crippen molar-refractivity contribution in [3.63, 3.8) is 0 Å². The first-order chi connectivity index (χ1) is 11.8. The summed E-state index contributed by atoms with van der Waals surface area (Å²) in [5.41, 5.74) is 3.69. The summed E-state index contributed by atoms with van der Waals surface area (Å²) in [6, 6.07) is 5.87. The second-order valence-electron chi connectivity index (χ2n) is 6.44. The van der Waals surface area contributed by atoms with Gasteiger partial charge in [0.05, 0.1) is 5.39 Å². The van der Waals surface area contributed by atoms with Crippen molar-refractivity contribution in [2.24, 2.45) is 0 Å². The SMILES string of the molecule is Cc1cc(C)cc(NC(=O)Cn2c(C)nc3sc(C)c(C)c3c2=O)c1. The number of benzene rings is 1. The topological polar surface area (TPSA) is 64.0 Å². The van der Waals surface area contributed by atoms with Crippen LogP contribution in [0.1, 0.15) is 27.4 Å². The van der Waals surface area contributed by atoms with E-state index in [9.17, 15) is 9.59 Å². The molecule has 0 aliphatic carbocycles. The van der Waals surface area contributed by atoms with Gasteiger partial charge < -0.3 is 5.32 Å². The largest absolute Gasteiger partial charge is 0.325 e. The van der Waals surface area contributed by atoms with Crippen LogP contribution in [0.5, 0.6) is 0 Å². The lowest BCUT2D eigenvalue weighted by Crippen LogP contribution is -2.30. The highest BCUT2D eigenvalue weighted by Gasteiger charge is 2.16. The molecule has 0 aliphatic heterocycles. The monoisotopic (exact) mass is 355 g/mol. The van der Waals surface area contributed by atoms with Gasteiger partial charge in [0.15, 0.2) is 0 Å². The molecule has 2 heterocycles. The summed E-state index contributed by atoms with van der Waals surface area (Å²) in [5.74, 6) is 0.315. The molecule has 1 amide bonds. The number of fused-ring (bicyclic) bond motifs is 1. The fourth-order valence-corrected chi connectivity index (χ4v) is 4.07. The molecular weight excluding hydrogens is 334 g/mol. The molecule has 0 aliphatic rings. The molecule has 6 heteroatoms. The first-order valence-electron chi connectivity index (χ1n) is 8.11. The maximum atomic E-state index is 12.8. The number of nitrogens with one attached hydrogen (secondary N) is 1. The standard InChI is InChI=1S/C19H21N3O2S/c1-10-6-11(2)8-15(7-10)21-16(23)9-22-14(5)20-18-17(19(22)24)12(3)13(4)25-18/h6-8H,9H2,1-5H3,(H,21,23). The first-order valence-corrected chi connectivity index (χ1v) is 8.93. The molecule has 1 aromatic carbocycles. The van der Waals surface area contributed by atoms with E-state index in [0.29, 0.717) is 11.2 Å². The fourth-order valence-electron chi connectivity index (χ4n) is 3.01. The lowest BCUT2D eigenvalue weighted by molar-refractivity contribution is -0.116. The third-order valence-corrected chi connectivity index (χ3v) is 5.39. The van der Waals surface area contributed by atoms with Gasteiger partial charge in [0.1, 0.15) is 17.2 Å². The molecule has 5 nitrogen and oxygen atoms in total. The molecule has 0 atom stereocenters. The Hall–Kier alpha value is -2.47. The molecule has 0 spiro atoms. The molecule has 2 aromatic heterocycles. The molecule has 3 aromatic rings. The van der Waals surface area contributed by atoms with E-state index < -0.39 is 0 Å². The summed E-state index contributed by atoms with van der Waals surface area (Å²) in [4.78, 5) is 31.6. The molecule has 0 saturated carbocycles. The van der Waals surface area contributed by atoms with Gasteiger partial charge >= 0.3 is 0 Å². The number of aromatic nitrogens is 2. The summed E-state index contributed by atoms with van der Waals surface area (Å²) in [6.07, 6.45) is 0. The summed E-state index contributed by atoms with van der Waals surface area (Å²) in [6.45, 7) is 9.58. The Bertz CT molecular complexity index is 1030. The van der Waals surface area contributed by atoms with Crippen LogP contribution < -0.4 is 10.9 Å². The van der Waals surface area contributed by atoms with Crippen molar-refractivity contribution in [2.75, 3.05) is 5.32 Å². The predicted molar refractivity (Wildman–Crippen MR) is 103 cm³/mol. The summed E-state index contributed by atoms with van der Waals surface area (Å²) < 4.78 is 1.44. The molecule has 1 N–H and O–H groups in total. The molecule has 0 fully saturated rings. The highest BCUT2D eigenvalue weighted by Crippen LogP contribution is 2.26. The fraction of sp³-hybridized carbons (Fsp3) is 0.316. The normalized spacial score (nSPS) is 11.1. The quantitative estimate of drug-likeness (QED) is 0.780. The van der Waals surface area contributed by atoms with Gasteiger partial charge in [-0.2, -0.15) is 0 Å². The van der Waals surface area contributed by atoms with E-state index in [1.54, 1.807) is 6.92 Å². The molecule has 3 rings (SSSR count). The van der Waals surface area contributed by atoms with Crippen LogP contribution in [0, 0.1) is 34.6 Å². The van der Waals surface area contributed by atoms with Gasteiger partial charge in [0.2, 0.25) is 5.91 Å². The number of thiophene rings is 1. The minimum absolute atomic E-state index is 0.0467. The zero-order chi connectivity index (χ0) is 18.3. The zero-order valence-corrected chi connectivity index (χ0v) is 15.9. The average Bonchev–Trinajstić information content (AvgIpc) is 2.77. The number of nitrogens with zero attached hydrogens (tertiary/aromatic N) is 2. The van der Waals surface area contributed by atoms with E-state index in [1.807, 2.05) is 45.9 Å². The van der Waals surface area contributed by atoms with E-state index in [2.05, 4.69) is 10.3 Å². The number of aryl methyl sites for hydroxylation is 5. The van der Waals surface area contributed by atoms with Crippen molar-refractivity contribution >= 4 is 33.1 Å². The van der Waals surface area contributed by atoms with Gasteiger partial charge in [-0.3, -0.25) is 14.2 Å². The van der Waals surface area contributed by atoms with Crippen LogP contribution in [0.25, 0.3) is 10.2 Å². The van der Waals surface area contributed by atoms with Crippen LogP contribution in [0.2, 0.25) is 0 Å². The van der Waals surface area contributed by atoms with Crippen LogP contribution in [0.3, 0.4) is 0 Å². The van der Waals surface area contributed by atoms with Crippen molar-refractivity contribution in [3.05, 3.63) is 55.9 Å². The molecular formula is C19H21N3O2S. The highest BCUT2D eigenvalue weighted by atomic mass is 32.1. The van der Waals surface area contributed by atoms with Gasteiger partial charge in [-0.25, -0.2) is 4.98 Å². The van der Waals surface area contributed by atoms with Crippen LogP contribution >= 0.6 is 11.3 Å². The number of anilines is 1. The van der Waals surface area contributed by atoms with Crippen LogP contribution in [-0.4, -0.2) is 15.5 Å². The maximum Gasteiger partial charge on any atom is 0.263 e. The van der Waals surface area contributed by atoms with Crippen molar-refractivity contribution in [3.8, 4) is 0 Å². The predicted octanol–water partition coefficient (Wildman–Crippen LogP) is 3.64. The van der Waals surface area contributed by atoms with Gasteiger partial charge in [0.25, 0.3) is 5.56 Å². The minimum Gasteiger partial charge on any atom is -0.325 e. The number of hydrogen-bond acceptors (Lipinski definition) is 4. The van der Waals surface area contributed by atoms with Crippen LogP contribution in [0.15, 0.2) is 23.0 Å². The van der Waals surface area contributed by atoms with E-state index in [-0.39, 0.29) is 18.0 Å². The van der Waals surface area contributed by atoms with Crippen molar-refractivity contribution in [1.29, 1.82) is 0 Å². The third-order valence-electron chi connectivity index (χ3n) is 4.29. The maximum absolute atomic E-state index is 12.8. The second-order valence-corrected chi connectivity index (χ2v) is 7.64. The molecule has 0 saturated heterocycles. The lowest BCUT2D eigenvalue weighted by atomic mass is 10.1. The van der Waals surface area contributed by atoms with Crippen molar-refractivity contribution in [2.45, 2.75) is 41.2 Å². The number of amides is 1. The number of carbonyl (C=O) groups excluding carboxylic acids is 1. The summed E-state index contributed by atoms with van der Waals surface area (Å²) >= 11 is 1.52. The number of carbonyl (C=O) groups is 1. The Morgan fingerprint density at radius 3 is 2.40 bits per heavy atom. The Balaban J connectivity index is 1.93. The number of hydrogen-bond donors (Lipinski definition) is 1. The zero-order valence-electron chi connectivity index (χ0n) is 15.1. The van der Waals surface area contributed by atoms with Crippen molar-refractivity contribution < 1.29 is 4.79 Å². The Morgan fingerprint density at radius 2 is 1.76 bits per heavy atom. The van der Waals surface area contributed by atoms with Crippen LogP contribution in [-0.2, 0) is 11.3 Å². The Kier molecular flexibility index (Phi) is 4.47. The van der Waals surface area contributed by atoms with Gasteiger partial charge in [-0.05, 0) is 63.4 Å². The smallest absolute Gasteiger partial charge is 0.263 e. The first kappa shape index (κ1) is 17.4. The third kappa shape index (κ3) is 3.35. The molecule has 0 bridgehead atoms. The second kappa shape index (κ2) is 6.44. The van der Waals surface area contributed by atoms with Crippen LogP contribution in [0.4, 0.5) is 5.69 Å². The molecule has 0 radical (unpaired) electrons. The number of rotatable bonds is 3.